The highest BCUT2D eigenvalue weighted by Crippen LogP contribution is 3.02. The van der Waals surface area contributed by atoms with E-state index >= 15 is 0 Å². The number of nitrogens with one attached hydrogen (secondary N) is 2. The van der Waals surface area contributed by atoms with Crippen LogP contribution in [0.15, 0.2) is 29.2 Å². The zero-order valence-electron chi connectivity index (χ0n) is 23.2. The number of carbonyl (C=O) groups excluding carboxylic acids is 2. The van der Waals surface area contributed by atoms with E-state index in [0.29, 0.717) is 49.3 Å². The second kappa shape index (κ2) is 10.3. The summed E-state index contributed by atoms with van der Waals surface area (Å²) in [7, 11) is -9.88. The number of aromatic nitrogens is 2. The smallest absolute Gasteiger partial charge is 0.310 e. The second-order valence-corrected chi connectivity index (χ2v) is 13.2. The van der Waals surface area contributed by atoms with Crippen LogP contribution in [0.25, 0.3) is 0 Å². The Balaban J connectivity index is 1.59. The quantitative estimate of drug-likeness (QED) is 0.370. The van der Waals surface area contributed by atoms with Crippen molar-refractivity contribution in [3.05, 3.63) is 46.9 Å². The highest BCUT2D eigenvalue weighted by Gasteiger charge is 2.65. The third-order valence-electron chi connectivity index (χ3n) is 7.23. The molecule has 3 heterocycles. The van der Waals surface area contributed by atoms with Gasteiger partial charge in [0.15, 0.2) is 6.29 Å². The summed E-state index contributed by atoms with van der Waals surface area (Å²) in [6.07, 6.45) is 0.0334. The molecule has 2 saturated heterocycles. The van der Waals surface area contributed by atoms with Crippen LogP contribution in [0.1, 0.15) is 68.6 Å². The SMILES string of the molecule is CC(=O)N1CCC(C)(NC(=O)Cc2nc(C)nc(NC(C)c3cccc(S(F)(F)(F)(F)F)c3)c2C2OCCO2)CC1. The van der Waals surface area contributed by atoms with Gasteiger partial charge in [-0.1, -0.05) is 31.6 Å². The Morgan fingerprint density at radius 1 is 1.12 bits per heavy atom. The zero-order chi connectivity index (χ0) is 30.3. The van der Waals surface area contributed by atoms with Crippen LogP contribution in [-0.4, -0.2) is 58.5 Å². The standard InChI is InChI=1S/C26H34F5N5O4S/c1-16(19-6-5-7-20(14-19)41(27,28,29,30)31)32-24-23(25-39-12-13-40-25)21(33-17(2)34-24)15-22(38)35-26(4)8-10-36(11-9-26)18(3)37/h5-7,14,16,25H,8-13,15H2,1-4H3,(H,35,38)(H,32,33,34). The fourth-order valence-corrected chi connectivity index (χ4v) is 5.64. The molecule has 9 nitrogen and oxygen atoms in total. The molecule has 0 bridgehead atoms. The van der Waals surface area contributed by atoms with Crippen LogP contribution in [0.2, 0.25) is 0 Å². The van der Waals surface area contributed by atoms with E-state index in [1.54, 1.807) is 11.8 Å². The predicted octanol–water partition coefficient (Wildman–Crippen LogP) is 5.72. The molecule has 1 aromatic carbocycles. The molecule has 4 rings (SSSR count). The van der Waals surface area contributed by atoms with E-state index in [1.165, 1.54) is 19.9 Å². The summed E-state index contributed by atoms with van der Waals surface area (Å²) in [5.74, 6) is 0.0682. The predicted molar refractivity (Wildman–Crippen MR) is 143 cm³/mol. The lowest BCUT2D eigenvalue weighted by Gasteiger charge is -2.40. The van der Waals surface area contributed by atoms with Crippen molar-refractivity contribution in [2.24, 2.45) is 0 Å². The Bertz CT molecular complexity index is 1330. The number of halogens is 5. The van der Waals surface area contributed by atoms with Gasteiger partial charge >= 0.3 is 10.2 Å². The second-order valence-electron chi connectivity index (χ2n) is 10.8. The number of piperidine rings is 1. The Labute approximate surface area is 234 Å². The first kappa shape index (κ1) is 30.9. The van der Waals surface area contributed by atoms with Crippen molar-refractivity contribution in [3.63, 3.8) is 0 Å². The Kier molecular flexibility index (Phi) is 7.80. The van der Waals surface area contributed by atoms with Crippen molar-refractivity contribution in [2.45, 2.75) is 69.7 Å². The van der Waals surface area contributed by atoms with Gasteiger partial charge in [-0.2, -0.15) is 0 Å². The van der Waals surface area contributed by atoms with Crippen molar-refractivity contribution >= 4 is 27.9 Å². The number of rotatable bonds is 8. The Morgan fingerprint density at radius 2 is 1.76 bits per heavy atom. The topological polar surface area (TPSA) is 106 Å². The summed E-state index contributed by atoms with van der Waals surface area (Å²) in [6.45, 7) is 8.06. The molecular formula is C26H34F5N5O4S. The van der Waals surface area contributed by atoms with Gasteiger partial charge in [-0.3, -0.25) is 9.59 Å². The van der Waals surface area contributed by atoms with Gasteiger partial charge in [-0.15, -0.1) is 0 Å². The number of aryl methyl sites for hydroxylation is 1. The molecule has 15 heteroatoms. The van der Waals surface area contributed by atoms with E-state index in [2.05, 4.69) is 20.6 Å². The van der Waals surface area contributed by atoms with Crippen LogP contribution in [0.4, 0.5) is 25.2 Å². The third kappa shape index (κ3) is 7.63. The van der Waals surface area contributed by atoms with Gasteiger partial charge in [0, 0.05) is 31.6 Å². The molecule has 2 aromatic rings. The molecule has 0 radical (unpaired) electrons. The molecule has 2 fully saturated rings. The maximum Gasteiger partial charge on any atom is 0.310 e. The normalized spacial score (nSPS) is 20.2. The number of hydrogen-bond donors (Lipinski definition) is 2. The average Bonchev–Trinajstić information content (AvgIpc) is 3.37. The van der Waals surface area contributed by atoms with Gasteiger partial charge < -0.3 is 25.0 Å². The summed E-state index contributed by atoms with van der Waals surface area (Å²) < 4.78 is 78.5. The molecule has 0 aliphatic carbocycles. The molecule has 2 aliphatic heterocycles. The van der Waals surface area contributed by atoms with Gasteiger partial charge in [0.05, 0.1) is 30.9 Å². The summed E-state index contributed by atoms with van der Waals surface area (Å²) in [6, 6.07) is 2.10. The number of ether oxygens (including phenoxy) is 2. The largest absolute Gasteiger partial charge is 0.363 e. The number of anilines is 1. The molecule has 1 atom stereocenters. The van der Waals surface area contributed by atoms with E-state index in [9.17, 15) is 29.0 Å². The first-order valence-corrected chi connectivity index (χ1v) is 15.1. The highest BCUT2D eigenvalue weighted by molar-refractivity contribution is 8.45. The van der Waals surface area contributed by atoms with Gasteiger partial charge in [0.1, 0.15) is 16.5 Å². The minimum absolute atomic E-state index is 0.0226. The fraction of sp³-hybridized carbons (Fsp3) is 0.538. The first-order valence-electron chi connectivity index (χ1n) is 13.1. The third-order valence-corrected chi connectivity index (χ3v) is 8.38. The van der Waals surface area contributed by atoms with E-state index < -0.39 is 33.0 Å². The van der Waals surface area contributed by atoms with Crippen LogP contribution in [-0.2, 0) is 25.5 Å². The summed E-state index contributed by atoms with van der Waals surface area (Å²) >= 11 is 0. The molecule has 1 aromatic heterocycles. The monoisotopic (exact) mass is 607 g/mol. The van der Waals surface area contributed by atoms with Crippen LogP contribution >= 0.6 is 10.2 Å². The Morgan fingerprint density at radius 3 is 2.34 bits per heavy atom. The highest BCUT2D eigenvalue weighted by atomic mass is 32.5. The van der Waals surface area contributed by atoms with E-state index in [-0.39, 0.29) is 48.7 Å². The van der Waals surface area contributed by atoms with Gasteiger partial charge in [-0.25, -0.2) is 9.97 Å². The molecule has 41 heavy (non-hydrogen) atoms. The van der Waals surface area contributed by atoms with Crippen LogP contribution in [0.3, 0.4) is 0 Å². The molecule has 2 N–H and O–H groups in total. The fourth-order valence-electron chi connectivity index (χ4n) is 4.94. The van der Waals surface area contributed by atoms with E-state index in [0.717, 1.165) is 6.07 Å². The van der Waals surface area contributed by atoms with Crippen molar-refractivity contribution in [2.75, 3.05) is 31.6 Å². The molecule has 1 unspecified atom stereocenters. The zero-order valence-corrected chi connectivity index (χ0v) is 24.0. The Hall–Kier alpha value is -3.04. The maximum absolute atomic E-state index is 13.4. The van der Waals surface area contributed by atoms with Gasteiger partial charge in [0.25, 0.3) is 0 Å². The van der Waals surface area contributed by atoms with Crippen molar-refractivity contribution in [1.29, 1.82) is 0 Å². The molecule has 0 spiro atoms. The number of amides is 2. The van der Waals surface area contributed by atoms with Crippen molar-refractivity contribution in [1.82, 2.24) is 20.2 Å². The molecule has 2 amide bonds. The molecular weight excluding hydrogens is 573 g/mol. The van der Waals surface area contributed by atoms with Gasteiger partial charge in [0.2, 0.25) is 11.8 Å². The van der Waals surface area contributed by atoms with Crippen LogP contribution < -0.4 is 10.6 Å². The lowest BCUT2D eigenvalue weighted by Crippen LogP contribution is -2.54. The number of carbonyl (C=O) groups is 2. The minimum Gasteiger partial charge on any atom is -0.363 e. The molecule has 2 aliphatic rings. The maximum atomic E-state index is 13.4. The lowest BCUT2D eigenvalue weighted by molar-refractivity contribution is -0.130. The van der Waals surface area contributed by atoms with Crippen LogP contribution in [0, 0.1) is 6.92 Å². The van der Waals surface area contributed by atoms with Crippen molar-refractivity contribution < 1.29 is 38.5 Å². The number of hydrogen-bond acceptors (Lipinski definition) is 7. The first-order chi connectivity index (χ1) is 18.8. The lowest BCUT2D eigenvalue weighted by atomic mass is 9.89. The van der Waals surface area contributed by atoms with Crippen molar-refractivity contribution in [3.8, 4) is 0 Å². The summed E-state index contributed by atoms with van der Waals surface area (Å²) in [5, 5.41) is 6.03. The molecule has 228 valence electrons. The van der Waals surface area contributed by atoms with Crippen LogP contribution in [0.5, 0.6) is 0 Å². The summed E-state index contributed by atoms with van der Waals surface area (Å²) in [5.41, 5.74) is 0.0164. The average molecular weight is 608 g/mol. The van der Waals surface area contributed by atoms with Gasteiger partial charge in [-0.05, 0) is 51.3 Å². The number of nitrogens with zero attached hydrogens (tertiary/aromatic N) is 3. The van der Waals surface area contributed by atoms with E-state index in [1.807, 2.05) is 6.92 Å². The molecule has 0 saturated carbocycles. The number of likely N-dealkylation sites (tertiary alicyclic amines) is 1. The van der Waals surface area contributed by atoms with E-state index in [4.69, 9.17) is 9.47 Å². The minimum atomic E-state index is -9.88. The summed E-state index contributed by atoms with van der Waals surface area (Å²) in [4.78, 5) is 33.4. The number of benzene rings is 1.